The molecule has 0 N–H and O–H groups in total. The van der Waals surface area contributed by atoms with Crippen LogP contribution in [0.3, 0.4) is 0 Å². The smallest absolute Gasteiger partial charge is 0.441 e. The van der Waals surface area contributed by atoms with Crippen LogP contribution in [0.25, 0.3) is 0 Å². The first-order valence-corrected chi connectivity index (χ1v) is 6.81. The number of carbonyl (C=O) groups is 2. The Balaban J connectivity index is 3.17. The molecule has 0 heterocycles. The Bertz CT molecular complexity index is 566. The van der Waals surface area contributed by atoms with E-state index in [-0.39, 0.29) is 5.56 Å². The Morgan fingerprint density at radius 2 is 1.81 bits per heavy atom. The van der Waals surface area contributed by atoms with Crippen LogP contribution in [-0.4, -0.2) is 23.6 Å². The Labute approximate surface area is 133 Å². The predicted molar refractivity (Wildman–Crippen MR) is 74.9 cm³/mol. The summed E-state index contributed by atoms with van der Waals surface area (Å²) < 4.78 is 35.9. The number of carbonyl (C=O) groups excluding carboxylic acids is 2. The second-order valence-corrected chi connectivity index (χ2v) is 6.29. The number of hydrogen-bond donors (Lipinski definition) is 0. The van der Waals surface area contributed by atoms with Crippen LogP contribution < -0.4 is 9.84 Å². The topological polar surface area (TPSA) is 75.7 Å². The highest BCUT2D eigenvalue weighted by Crippen LogP contribution is 2.28. The molecule has 1 aromatic carbocycles. The van der Waals surface area contributed by atoms with E-state index in [9.17, 15) is 23.5 Å². The Morgan fingerprint density at radius 1 is 1.24 bits per heavy atom. The number of benzene rings is 1. The van der Waals surface area contributed by atoms with Gasteiger partial charge in [0.25, 0.3) is 0 Å². The lowest BCUT2D eigenvalue weighted by molar-refractivity contribution is -0.350. The minimum atomic E-state index is -4.55. The van der Waals surface area contributed by atoms with Crippen LogP contribution in [0.2, 0.25) is 0 Å². The van der Waals surface area contributed by atoms with E-state index in [4.69, 9.17) is 4.74 Å². The molecule has 0 saturated heterocycles. The first kappa shape index (κ1) is 17.6. The van der Waals surface area contributed by atoms with Gasteiger partial charge in [0.15, 0.2) is 5.97 Å². The Hall–Kier alpha value is -1.45. The quantitative estimate of drug-likeness (QED) is 0.558. The molecule has 21 heavy (non-hydrogen) atoms. The molecule has 0 saturated carbocycles. The van der Waals surface area contributed by atoms with Crippen LogP contribution in [0, 0.1) is 3.57 Å². The molecular weight excluding hydrogens is 401 g/mol. The standard InChI is InChI=1S/C13H13F2IO5/c1-12(2,3)21-10(17)8-6-7(16)4-5-9(8)20-13(14,15)11(18)19/h4-6H,1-3H3,(H,18,19)/p-1. The third-order valence-corrected chi connectivity index (χ3v) is 2.71. The van der Waals surface area contributed by atoms with Crippen molar-refractivity contribution in [2.45, 2.75) is 32.5 Å². The van der Waals surface area contributed by atoms with Gasteiger partial charge in [-0.1, -0.05) is 0 Å². The van der Waals surface area contributed by atoms with Crippen LogP contribution >= 0.6 is 22.6 Å². The van der Waals surface area contributed by atoms with E-state index < -0.39 is 29.4 Å². The van der Waals surface area contributed by atoms with Crippen molar-refractivity contribution < 1.29 is 33.0 Å². The van der Waals surface area contributed by atoms with Crippen LogP contribution in [0.4, 0.5) is 8.78 Å². The summed E-state index contributed by atoms with van der Waals surface area (Å²) in [5.74, 6) is -4.19. The summed E-state index contributed by atoms with van der Waals surface area (Å²) in [6.07, 6.45) is -4.55. The van der Waals surface area contributed by atoms with E-state index in [1.54, 1.807) is 20.8 Å². The predicted octanol–water partition coefficient (Wildman–Crippen LogP) is 1.97. The number of ether oxygens (including phenoxy) is 2. The summed E-state index contributed by atoms with van der Waals surface area (Å²) in [4.78, 5) is 22.3. The molecule has 0 spiro atoms. The van der Waals surface area contributed by atoms with Crippen LogP contribution in [0.15, 0.2) is 18.2 Å². The number of halogens is 3. The number of aliphatic carboxylic acids is 1. The minimum Gasteiger partial charge on any atom is -0.541 e. The van der Waals surface area contributed by atoms with Gasteiger partial charge < -0.3 is 19.4 Å². The van der Waals surface area contributed by atoms with Gasteiger partial charge in [-0.2, -0.15) is 8.78 Å². The average molecular weight is 413 g/mol. The molecule has 0 bridgehead atoms. The van der Waals surface area contributed by atoms with Crippen LogP contribution in [0.5, 0.6) is 5.75 Å². The molecule has 0 unspecified atom stereocenters. The van der Waals surface area contributed by atoms with Gasteiger partial charge in [0.1, 0.15) is 16.9 Å². The fraction of sp³-hybridized carbons (Fsp3) is 0.385. The lowest BCUT2D eigenvalue weighted by Gasteiger charge is -2.23. The number of carboxylic acid groups (broad SMARTS) is 1. The van der Waals surface area contributed by atoms with Crippen LogP contribution in [0.1, 0.15) is 31.1 Å². The number of carboxylic acids is 1. The first-order chi connectivity index (χ1) is 9.42. The number of alkyl halides is 2. The molecule has 0 aliphatic rings. The second kappa shape index (κ2) is 6.12. The van der Waals surface area contributed by atoms with E-state index in [1.807, 2.05) is 22.6 Å². The maximum atomic E-state index is 13.1. The third-order valence-electron chi connectivity index (χ3n) is 2.04. The maximum absolute atomic E-state index is 13.1. The summed E-state index contributed by atoms with van der Waals surface area (Å²) in [5.41, 5.74) is -1.13. The van der Waals surface area contributed by atoms with Crippen molar-refractivity contribution in [3.8, 4) is 5.75 Å². The normalized spacial score (nSPS) is 11.9. The van der Waals surface area contributed by atoms with E-state index >= 15 is 0 Å². The third kappa shape index (κ3) is 5.10. The zero-order valence-electron chi connectivity index (χ0n) is 11.4. The van der Waals surface area contributed by atoms with Crippen molar-refractivity contribution in [3.05, 3.63) is 27.3 Å². The molecule has 0 aliphatic heterocycles. The SMILES string of the molecule is CC(C)(C)OC(=O)c1cc(I)ccc1OC(F)(F)C(=O)[O-]. The van der Waals surface area contributed by atoms with Crippen molar-refractivity contribution in [1.29, 1.82) is 0 Å². The van der Waals surface area contributed by atoms with Gasteiger partial charge >= 0.3 is 12.1 Å². The summed E-state index contributed by atoms with van der Waals surface area (Å²) in [6, 6.07) is 3.71. The monoisotopic (exact) mass is 413 g/mol. The Morgan fingerprint density at radius 3 is 2.29 bits per heavy atom. The van der Waals surface area contributed by atoms with Gasteiger partial charge in [0, 0.05) is 3.57 Å². The number of esters is 1. The lowest BCUT2D eigenvalue weighted by atomic mass is 10.1. The summed E-state index contributed by atoms with van der Waals surface area (Å²) in [7, 11) is 0. The Kier molecular flexibility index (Phi) is 5.13. The summed E-state index contributed by atoms with van der Waals surface area (Å²) in [6.45, 7) is 4.82. The van der Waals surface area contributed by atoms with Crippen molar-refractivity contribution >= 4 is 34.5 Å². The molecule has 1 rings (SSSR count). The fourth-order valence-electron chi connectivity index (χ4n) is 1.26. The van der Waals surface area contributed by atoms with E-state index in [1.165, 1.54) is 12.1 Å². The molecular formula is C13H12F2IO5-. The average Bonchev–Trinajstić information content (AvgIpc) is 2.28. The number of hydrogen-bond acceptors (Lipinski definition) is 5. The fourth-order valence-corrected chi connectivity index (χ4v) is 1.75. The first-order valence-electron chi connectivity index (χ1n) is 5.73. The maximum Gasteiger partial charge on any atom is 0.441 e. The summed E-state index contributed by atoms with van der Waals surface area (Å²) in [5, 5.41) is 10.3. The van der Waals surface area contributed by atoms with E-state index in [2.05, 4.69) is 4.74 Å². The van der Waals surface area contributed by atoms with Crippen molar-refractivity contribution in [1.82, 2.24) is 0 Å². The molecule has 5 nitrogen and oxygen atoms in total. The summed E-state index contributed by atoms with van der Waals surface area (Å²) >= 11 is 1.86. The molecule has 0 amide bonds. The van der Waals surface area contributed by atoms with Gasteiger partial charge in [-0.25, -0.2) is 4.79 Å². The zero-order valence-corrected chi connectivity index (χ0v) is 13.6. The highest BCUT2D eigenvalue weighted by molar-refractivity contribution is 14.1. The molecule has 8 heteroatoms. The highest BCUT2D eigenvalue weighted by atomic mass is 127. The highest BCUT2D eigenvalue weighted by Gasteiger charge is 2.36. The lowest BCUT2D eigenvalue weighted by Crippen LogP contribution is -2.46. The second-order valence-electron chi connectivity index (χ2n) is 5.05. The molecule has 0 radical (unpaired) electrons. The van der Waals surface area contributed by atoms with Crippen molar-refractivity contribution in [2.75, 3.05) is 0 Å². The number of rotatable bonds is 4. The van der Waals surface area contributed by atoms with Crippen molar-refractivity contribution in [2.24, 2.45) is 0 Å². The van der Waals surface area contributed by atoms with Gasteiger partial charge in [-0.3, -0.25) is 0 Å². The van der Waals surface area contributed by atoms with Crippen molar-refractivity contribution in [3.63, 3.8) is 0 Å². The molecule has 0 atom stereocenters. The largest absolute Gasteiger partial charge is 0.541 e. The zero-order chi connectivity index (χ0) is 16.4. The molecule has 0 aliphatic carbocycles. The van der Waals surface area contributed by atoms with Gasteiger partial charge in [0.2, 0.25) is 0 Å². The van der Waals surface area contributed by atoms with Crippen LogP contribution in [-0.2, 0) is 9.53 Å². The minimum absolute atomic E-state index is 0.294. The van der Waals surface area contributed by atoms with Gasteiger partial charge in [-0.05, 0) is 61.6 Å². The molecule has 0 aromatic heterocycles. The molecule has 0 fully saturated rings. The molecule has 116 valence electrons. The van der Waals surface area contributed by atoms with E-state index in [0.717, 1.165) is 6.07 Å². The van der Waals surface area contributed by atoms with E-state index in [0.29, 0.717) is 3.57 Å². The van der Waals surface area contributed by atoms with Gasteiger partial charge in [-0.15, -0.1) is 0 Å². The molecule has 1 aromatic rings. The van der Waals surface area contributed by atoms with Gasteiger partial charge in [0.05, 0.1) is 0 Å².